The van der Waals surface area contributed by atoms with Crippen LogP contribution in [0.25, 0.3) is 17.4 Å². The lowest BCUT2D eigenvalue weighted by Gasteiger charge is -2.08. The molecule has 1 aliphatic rings. The van der Waals surface area contributed by atoms with Crippen LogP contribution in [0.15, 0.2) is 57.3 Å². The summed E-state index contributed by atoms with van der Waals surface area (Å²) in [7, 11) is 0. The highest BCUT2D eigenvalue weighted by Crippen LogP contribution is 2.36. The molecule has 1 aromatic carbocycles. The first kappa shape index (κ1) is 17.3. The van der Waals surface area contributed by atoms with Crippen LogP contribution < -0.4 is 4.90 Å². The Bertz CT molecular complexity index is 1090. The quantitative estimate of drug-likeness (QED) is 0.640. The summed E-state index contributed by atoms with van der Waals surface area (Å²) in [4.78, 5) is 29.4. The van der Waals surface area contributed by atoms with Crippen molar-refractivity contribution in [1.29, 1.82) is 5.41 Å². The minimum atomic E-state index is -1.01. The largest absolute Gasteiger partial charge is 0.478 e. The molecular weight excluding hydrogens is 386 g/mol. The number of thioether (sulfide) groups is 1. The Morgan fingerprint density at radius 2 is 2.15 bits per heavy atom. The maximum atomic E-state index is 12.6. The van der Waals surface area contributed by atoms with Crippen LogP contribution in [0.3, 0.4) is 0 Å². The minimum Gasteiger partial charge on any atom is -0.478 e. The summed E-state index contributed by atoms with van der Waals surface area (Å²) in [5, 5.41) is 19.4. The molecule has 1 fully saturated rings. The van der Waals surface area contributed by atoms with Gasteiger partial charge in [0.05, 0.1) is 10.5 Å². The number of thiazole rings is 1. The van der Waals surface area contributed by atoms with E-state index in [-0.39, 0.29) is 16.6 Å². The Kier molecular flexibility index (Phi) is 4.38. The van der Waals surface area contributed by atoms with Gasteiger partial charge in [0.2, 0.25) is 0 Å². The summed E-state index contributed by atoms with van der Waals surface area (Å²) < 4.78 is 5.74. The number of carboxylic acids is 1. The lowest BCUT2D eigenvalue weighted by Crippen LogP contribution is -2.27. The van der Waals surface area contributed by atoms with Gasteiger partial charge in [-0.25, -0.2) is 14.7 Å². The highest BCUT2D eigenvalue weighted by atomic mass is 32.2. The first-order valence-electron chi connectivity index (χ1n) is 7.68. The third-order valence-electron chi connectivity index (χ3n) is 3.73. The second kappa shape index (κ2) is 6.86. The fraction of sp³-hybridized carbons (Fsp3) is 0. The first-order valence-corrected chi connectivity index (χ1v) is 9.38. The number of aromatic nitrogens is 1. The van der Waals surface area contributed by atoms with E-state index in [1.54, 1.807) is 41.9 Å². The number of nitrogens with zero attached hydrogens (tertiary/aromatic N) is 2. The van der Waals surface area contributed by atoms with Crippen molar-refractivity contribution in [2.75, 3.05) is 4.90 Å². The lowest BCUT2D eigenvalue weighted by molar-refractivity contribution is -0.113. The van der Waals surface area contributed by atoms with Crippen LogP contribution in [0.1, 0.15) is 16.1 Å². The van der Waals surface area contributed by atoms with Gasteiger partial charge in [-0.3, -0.25) is 10.2 Å². The fourth-order valence-corrected chi connectivity index (χ4v) is 4.03. The number of rotatable bonds is 4. The molecule has 0 atom stereocenters. The Hall–Kier alpha value is -3.17. The zero-order chi connectivity index (χ0) is 19.0. The number of furan rings is 1. The van der Waals surface area contributed by atoms with E-state index >= 15 is 0 Å². The second-order valence-corrected chi connectivity index (χ2v) is 7.36. The van der Waals surface area contributed by atoms with Crippen molar-refractivity contribution in [2.45, 2.75) is 0 Å². The van der Waals surface area contributed by atoms with Gasteiger partial charge in [-0.05, 0) is 36.0 Å². The number of hydrogen-bond donors (Lipinski definition) is 2. The molecule has 9 heteroatoms. The van der Waals surface area contributed by atoms with Gasteiger partial charge in [0, 0.05) is 23.2 Å². The molecule has 0 bridgehead atoms. The Labute approximate surface area is 161 Å². The molecule has 2 N–H and O–H groups in total. The first-order chi connectivity index (χ1) is 13.0. The van der Waals surface area contributed by atoms with Crippen molar-refractivity contribution in [1.82, 2.24) is 4.98 Å². The molecule has 0 aliphatic carbocycles. The number of amidine groups is 1. The molecule has 4 rings (SSSR count). The summed E-state index contributed by atoms with van der Waals surface area (Å²) in [5.74, 6) is -0.409. The van der Waals surface area contributed by atoms with Crippen LogP contribution in [-0.4, -0.2) is 27.1 Å². The normalized spacial score (nSPS) is 15.7. The summed E-state index contributed by atoms with van der Waals surface area (Å²) in [6, 6.07) is 9.82. The molecule has 0 unspecified atom stereocenters. The minimum absolute atomic E-state index is 0.0853. The van der Waals surface area contributed by atoms with E-state index in [2.05, 4.69) is 4.98 Å². The molecule has 1 aliphatic heterocycles. The lowest BCUT2D eigenvalue weighted by atomic mass is 10.1. The molecule has 3 heterocycles. The van der Waals surface area contributed by atoms with Crippen LogP contribution in [0.5, 0.6) is 0 Å². The van der Waals surface area contributed by atoms with Gasteiger partial charge >= 0.3 is 5.97 Å². The number of hydrogen-bond acceptors (Lipinski definition) is 7. The molecule has 27 heavy (non-hydrogen) atoms. The van der Waals surface area contributed by atoms with Gasteiger partial charge < -0.3 is 9.52 Å². The van der Waals surface area contributed by atoms with Gasteiger partial charge in [-0.15, -0.1) is 11.3 Å². The zero-order valence-corrected chi connectivity index (χ0v) is 15.2. The van der Waals surface area contributed by atoms with Gasteiger partial charge in [0.1, 0.15) is 11.5 Å². The topological polar surface area (TPSA) is 107 Å². The predicted molar refractivity (Wildman–Crippen MR) is 104 cm³/mol. The third kappa shape index (κ3) is 3.29. The van der Waals surface area contributed by atoms with E-state index in [0.29, 0.717) is 27.1 Å². The highest BCUT2D eigenvalue weighted by Gasteiger charge is 2.35. The highest BCUT2D eigenvalue weighted by molar-refractivity contribution is 8.19. The van der Waals surface area contributed by atoms with Crippen molar-refractivity contribution in [3.8, 4) is 11.3 Å². The molecular formula is C18H11N3O4S2. The standard InChI is InChI=1S/C18H11N3O4S2/c19-17-21(18-20-6-7-26-18)15(22)14(27-17)9-12-4-5-13(25-12)10-2-1-3-11(8-10)16(23)24/h1-9,19H,(H,23,24). The van der Waals surface area contributed by atoms with Crippen molar-refractivity contribution < 1.29 is 19.1 Å². The molecule has 2 aromatic heterocycles. The molecule has 1 saturated heterocycles. The van der Waals surface area contributed by atoms with Crippen LogP contribution >= 0.6 is 23.1 Å². The van der Waals surface area contributed by atoms with E-state index in [4.69, 9.17) is 14.9 Å². The fourth-order valence-electron chi connectivity index (χ4n) is 2.51. The smallest absolute Gasteiger partial charge is 0.335 e. The summed E-state index contributed by atoms with van der Waals surface area (Å²) in [5.41, 5.74) is 0.792. The van der Waals surface area contributed by atoms with Gasteiger partial charge in [-0.2, -0.15) is 0 Å². The Morgan fingerprint density at radius 1 is 1.30 bits per heavy atom. The SMILES string of the molecule is N=C1SC(=Cc2ccc(-c3cccc(C(=O)O)c3)o2)C(=O)N1c1nccs1. The van der Waals surface area contributed by atoms with E-state index < -0.39 is 5.97 Å². The Balaban J connectivity index is 1.61. The molecule has 0 saturated carbocycles. The maximum absolute atomic E-state index is 12.6. The van der Waals surface area contributed by atoms with Crippen LogP contribution in [0.4, 0.5) is 5.13 Å². The van der Waals surface area contributed by atoms with Crippen molar-refractivity contribution in [2.24, 2.45) is 0 Å². The number of nitrogens with one attached hydrogen (secondary N) is 1. The molecule has 1 amide bonds. The van der Waals surface area contributed by atoms with Gasteiger partial charge in [-0.1, -0.05) is 12.1 Å². The van der Waals surface area contributed by atoms with Crippen LogP contribution in [-0.2, 0) is 4.79 Å². The zero-order valence-electron chi connectivity index (χ0n) is 13.6. The monoisotopic (exact) mass is 397 g/mol. The molecule has 134 valence electrons. The molecule has 7 nitrogen and oxygen atoms in total. The number of carbonyl (C=O) groups is 2. The third-order valence-corrected chi connectivity index (χ3v) is 5.37. The average Bonchev–Trinajstić information content (AvgIpc) is 3.38. The van der Waals surface area contributed by atoms with Gasteiger partial charge in [0.25, 0.3) is 5.91 Å². The van der Waals surface area contributed by atoms with E-state index in [0.717, 1.165) is 11.8 Å². The van der Waals surface area contributed by atoms with Gasteiger partial charge in [0.15, 0.2) is 10.3 Å². The number of amides is 1. The number of carboxylic acid groups (broad SMARTS) is 1. The average molecular weight is 397 g/mol. The number of aromatic carboxylic acids is 1. The number of carbonyl (C=O) groups excluding carboxylic acids is 1. The van der Waals surface area contributed by atoms with Crippen molar-refractivity contribution >= 4 is 51.4 Å². The van der Waals surface area contributed by atoms with E-state index in [9.17, 15) is 9.59 Å². The van der Waals surface area contributed by atoms with E-state index in [1.807, 2.05) is 0 Å². The Morgan fingerprint density at radius 3 is 2.89 bits per heavy atom. The maximum Gasteiger partial charge on any atom is 0.335 e. The number of benzene rings is 1. The molecule has 0 spiro atoms. The predicted octanol–water partition coefficient (Wildman–Crippen LogP) is 4.16. The van der Waals surface area contributed by atoms with Crippen molar-refractivity contribution in [3.63, 3.8) is 0 Å². The van der Waals surface area contributed by atoms with E-state index in [1.165, 1.54) is 28.4 Å². The summed E-state index contributed by atoms with van der Waals surface area (Å²) >= 11 is 2.32. The summed E-state index contributed by atoms with van der Waals surface area (Å²) in [6.07, 6.45) is 3.15. The number of anilines is 1. The molecule has 3 aromatic rings. The summed E-state index contributed by atoms with van der Waals surface area (Å²) in [6.45, 7) is 0. The van der Waals surface area contributed by atoms with Crippen LogP contribution in [0.2, 0.25) is 0 Å². The second-order valence-electron chi connectivity index (χ2n) is 5.46. The van der Waals surface area contributed by atoms with Crippen LogP contribution in [0, 0.1) is 5.41 Å². The molecule has 0 radical (unpaired) electrons. The van der Waals surface area contributed by atoms with Crippen molar-refractivity contribution in [3.05, 3.63) is 64.2 Å².